The van der Waals surface area contributed by atoms with Crippen LogP contribution in [0, 0.1) is 17.8 Å². The molecule has 1 N–H and O–H groups in total. The number of piperidine rings is 2. The number of hydrogen-bond donors (Lipinski definition) is 1. The molecule has 2 saturated heterocycles. The molecule has 3 rings (SSSR count). The van der Waals surface area contributed by atoms with E-state index in [4.69, 9.17) is 5.11 Å². The number of nitrogens with zero attached hydrogens (tertiary/aromatic N) is 1. The standard InChI is InChI=1S/C8H11NO3/c10-4-9-2-5-1-6(3-9)7(5)8(11)12/h4-7H,1-3H2,(H,11,12)/t5-,6+,7-. The molecule has 1 amide bonds. The summed E-state index contributed by atoms with van der Waals surface area (Å²) in [4.78, 5) is 22.7. The number of hydrogen-bond acceptors (Lipinski definition) is 2. The topological polar surface area (TPSA) is 57.6 Å². The molecule has 0 radical (unpaired) electrons. The Hall–Kier alpha value is -1.06. The highest BCUT2D eigenvalue weighted by atomic mass is 16.4. The summed E-state index contributed by atoms with van der Waals surface area (Å²) < 4.78 is 0. The van der Waals surface area contributed by atoms with Gasteiger partial charge in [-0.15, -0.1) is 0 Å². The molecule has 12 heavy (non-hydrogen) atoms. The predicted molar refractivity (Wildman–Crippen MR) is 40.4 cm³/mol. The van der Waals surface area contributed by atoms with Crippen molar-refractivity contribution in [3.63, 3.8) is 0 Å². The minimum Gasteiger partial charge on any atom is -0.481 e. The van der Waals surface area contributed by atoms with Crippen LogP contribution in [-0.2, 0) is 9.59 Å². The molecule has 1 aliphatic carbocycles. The first-order valence-corrected chi connectivity index (χ1v) is 4.14. The Bertz CT molecular complexity index is 216. The van der Waals surface area contributed by atoms with Gasteiger partial charge in [0.05, 0.1) is 5.92 Å². The summed E-state index contributed by atoms with van der Waals surface area (Å²) >= 11 is 0. The Morgan fingerprint density at radius 1 is 1.42 bits per heavy atom. The summed E-state index contributed by atoms with van der Waals surface area (Å²) in [5, 5.41) is 8.79. The molecule has 3 aliphatic rings. The maximum Gasteiger partial charge on any atom is 0.307 e. The molecule has 0 aromatic carbocycles. The minimum absolute atomic E-state index is 0.179. The number of aliphatic carboxylic acids is 1. The second-order valence-electron chi connectivity index (χ2n) is 3.68. The Balaban J connectivity index is 2.02. The van der Waals surface area contributed by atoms with Crippen molar-refractivity contribution in [1.29, 1.82) is 0 Å². The van der Waals surface area contributed by atoms with Gasteiger partial charge in [-0.1, -0.05) is 0 Å². The van der Waals surface area contributed by atoms with Gasteiger partial charge in [0.2, 0.25) is 6.41 Å². The lowest BCUT2D eigenvalue weighted by Crippen LogP contribution is -2.57. The first-order valence-electron chi connectivity index (χ1n) is 4.14. The van der Waals surface area contributed by atoms with E-state index in [1.54, 1.807) is 4.90 Å². The van der Waals surface area contributed by atoms with Crippen LogP contribution in [-0.4, -0.2) is 35.5 Å². The third-order valence-electron chi connectivity index (χ3n) is 2.99. The van der Waals surface area contributed by atoms with Gasteiger partial charge in [0, 0.05) is 13.1 Å². The molecule has 2 bridgehead atoms. The lowest BCUT2D eigenvalue weighted by atomic mass is 9.62. The molecule has 1 saturated carbocycles. The zero-order valence-corrected chi connectivity index (χ0v) is 6.64. The van der Waals surface area contributed by atoms with Crippen LogP contribution in [0.3, 0.4) is 0 Å². The Morgan fingerprint density at radius 3 is 2.42 bits per heavy atom. The molecule has 66 valence electrons. The van der Waals surface area contributed by atoms with E-state index < -0.39 is 5.97 Å². The van der Waals surface area contributed by atoms with Crippen molar-refractivity contribution in [3.8, 4) is 0 Å². The van der Waals surface area contributed by atoms with Crippen LogP contribution in [0.25, 0.3) is 0 Å². The van der Waals surface area contributed by atoms with Gasteiger partial charge in [-0.05, 0) is 18.3 Å². The highest BCUT2D eigenvalue weighted by Gasteiger charge is 2.50. The second kappa shape index (κ2) is 2.47. The SMILES string of the molecule is O=CN1C[C@H]2C[C@@H](C1)[C@@H]2C(=O)O. The molecule has 2 heterocycles. The predicted octanol–water partition coefficient (Wildman–Crippen LogP) is -0.205. The monoisotopic (exact) mass is 169 g/mol. The van der Waals surface area contributed by atoms with E-state index in [1.165, 1.54) is 0 Å². The molecule has 3 fully saturated rings. The normalized spacial score (nSPS) is 38.7. The molecule has 0 spiro atoms. The fourth-order valence-corrected chi connectivity index (χ4v) is 2.41. The molecule has 3 atom stereocenters. The molecule has 0 aromatic rings. The average Bonchev–Trinajstić information content (AvgIpc) is 2.03. The van der Waals surface area contributed by atoms with Crippen LogP contribution in [0.1, 0.15) is 6.42 Å². The largest absolute Gasteiger partial charge is 0.481 e. The second-order valence-corrected chi connectivity index (χ2v) is 3.68. The van der Waals surface area contributed by atoms with Gasteiger partial charge < -0.3 is 10.0 Å². The Morgan fingerprint density at radius 2 is 2.00 bits per heavy atom. The van der Waals surface area contributed by atoms with Gasteiger partial charge in [-0.2, -0.15) is 0 Å². The Labute approximate surface area is 70.2 Å². The molecule has 0 unspecified atom stereocenters. The molecule has 4 nitrogen and oxygen atoms in total. The van der Waals surface area contributed by atoms with Crippen LogP contribution in [0.2, 0.25) is 0 Å². The van der Waals surface area contributed by atoms with E-state index in [0.717, 1.165) is 12.8 Å². The van der Waals surface area contributed by atoms with Gasteiger partial charge in [-0.3, -0.25) is 9.59 Å². The van der Waals surface area contributed by atoms with Gasteiger partial charge in [0.1, 0.15) is 0 Å². The summed E-state index contributed by atoms with van der Waals surface area (Å²) in [6, 6.07) is 0. The van der Waals surface area contributed by atoms with Crippen molar-refractivity contribution in [3.05, 3.63) is 0 Å². The van der Waals surface area contributed by atoms with Crippen molar-refractivity contribution in [1.82, 2.24) is 4.90 Å². The van der Waals surface area contributed by atoms with Gasteiger partial charge in [0.15, 0.2) is 0 Å². The van der Waals surface area contributed by atoms with Crippen LogP contribution >= 0.6 is 0 Å². The zero-order chi connectivity index (χ0) is 8.72. The summed E-state index contributed by atoms with van der Waals surface area (Å²) in [7, 11) is 0. The van der Waals surface area contributed by atoms with E-state index in [9.17, 15) is 9.59 Å². The number of fused-ring (bicyclic) bond motifs is 2. The van der Waals surface area contributed by atoms with Crippen molar-refractivity contribution >= 4 is 12.4 Å². The number of rotatable bonds is 2. The first kappa shape index (κ1) is 7.58. The summed E-state index contributed by atoms with van der Waals surface area (Å²) in [6.07, 6.45) is 1.80. The summed E-state index contributed by atoms with van der Waals surface area (Å²) in [5.74, 6) is -0.444. The number of carbonyl (C=O) groups is 2. The maximum atomic E-state index is 10.7. The number of amides is 1. The third kappa shape index (κ3) is 0.906. The third-order valence-corrected chi connectivity index (χ3v) is 2.99. The van der Waals surface area contributed by atoms with Crippen LogP contribution < -0.4 is 0 Å². The number of carboxylic acid groups (broad SMARTS) is 1. The van der Waals surface area contributed by atoms with E-state index in [-0.39, 0.29) is 17.8 Å². The summed E-state index contributed by atoms with van der Waals surface area (Å²) in [6.45, 7) is 1.27. The fraction of sp³-hybridized carbons (Fsp3) is 0.750. The number of carboxylic acids is 1. The molecule has 2 aliphatic heterocycles. The van der Waals surface area contributed by atoms with Crippen molar-refractivity contribution in [2.24, 2.45) is 17.8 Å². The van der Waals surface area contributed by atoms with Crippen LogP contribution in [0.4, 0.5) is 0 Å². The van der Waals surface area contributed by atoms with Crippen LogP contribution in [0.5, 0.6) is 0 Å². The van der Waals surface area contributed by atoms with E-state index in [0.29, 0.717) is 13.1 Å². The van der Waals surface area contributed by atoms with Crippen molar-refractivity contribution in [2.75, 3.05) is 13.1 Å². The molecular weight excluding hydrogens is 158 g/mol. The highest BCUT2D eigenvalue weighted by Crippen LogP contribution is 2.44. The Kier molecular flexibility index (Phi) is 1.56. The van der Waals surface area contributed by atoms with Crippen LogP contribution in [0.15, 0.2) is 0 Å². The average molecular weight is 169 g/mol. The zero-order valence-electron chi connectivity index (χ0n) is 6.64. The molecular formula is C8H11NO3. The molecule has 0 aromatic heterocycles. The van der Waals surface area contributed by atoms with Gasteiger partial charge >= 0.3 is 5.97 Å². The minimum atomic E-state index is -0.693. The maximum absolute atomic E-state index is 10.7. The van der Waals surface area contributed by atoms with Gasteiger partial charge in [0.25, 0.3) is 0 Å². The van der Waals surface area contributed by atoms with E-state index >= 15 is 0 Å². The fourth-order valence-electron chi connectivity index (χ4n) is 2.41. The lowest BCUT2D eigenvalue weighted by molar-refractivity contribution is -0.161. The van der Waals surface area contributed by atoms with E-state index in [1.807, 2.05) is 0 Å². The lowest BCUT2D eigenvalue weighted by Gasteiger charge is -2.50. The van der Waals surface area contributed by atoms with Crippen molar-refractivity contribution < 1.29 is 14.7 Å². The van der Waals surface area contributed by atoms with E-state index in [2.05, 4.69) is 0 Å². The number of carbonyl (C=O) groups excluding carboxylic acids is 1. The van der Waals surface area contributed by atoms with Gasteiger partial charge in [-0.25, -0.2) is 0 Å². The highest BCUT2D eigenvalue weighted by molar-refractivity contribution is 5.72. The summed E-state index contributed by atoms with van der Waals surface area (Å²) in [5.41, 5.74) is 0. The quantitative estimate of drug-likeness (QED) is 0.582. The molecule has 4 heteroatoms. The van der Waals surface area contributed by atoms with Crippen molar-refractivity contribution in [2.45, 2.75) is 6.42 Å². The first-order chi connectivity index (χ1) is 5.72. The smallest absolute Gasteiger partial charge is 0.307 e.